The van der Waals surface area contributed by atoms with Crippen LogP contribution in [-0.4, -0.2) is 42.8 Å². The molecule has 1 N–H and O–H groups in total. The van der Waals surface area contributed by atoms with Crippen molar-refractivity contribution in [3.05, 3.63) is 53.5 Å². The second kappa shape index (κ2) is 10.2. The molecule has 1 aliphatic rings. The Morgan fingerprint density at radius 2 is 1.94 bits per heavy atom. The molecule has 0 unspecified atom stereocenters. The number of carbonyl (C=O) groups excluding carboxylic acids is 1. The molecule has 168 valence electrons. The number of hydrogen-bond donors (Lipinski definition) is 1. The molecule has 0 saturated heterocycles. The van der Waals surface area contributed by atoms with E-state index in [2.05, 4.69) is 10.3 Å². The first kappa shape index (κ1) is 23.1. The van der Waals surface area contributed by atoms with Gasteiger partial charge in [0.25, 0.3) is 5.91 Å². The molecule has 0 radical (unpaired) electrons. The summed E-state index contributed by atoms with van der Waals surface area (Å²) in [4.78, 5) is 16.8. The van der Waals surface area contributed by atoms with E-state index in [0.29, 0.717) is 11.4 Å². The van der Waals surface area contributed by atoms with E-state index in [1.807, 2.05) is 0 Å². The Labute approximate surface area is 182 Å². The number of amides is 1. The first-order valence-electron chi connectivity index (χ1n) is 10.5. The van der Waals surface area contributed by atoms with E-state index >= 15 is 0 Å². The number of sulfonamides is 1. The number of nitrogens with zero attached hydrogens (tertiary/aromatic N) is 2. The van der Waals surface area contributed by atoms with E-state index in [9.17, 15) is 17.6 Å². The molecule has 1 heterocycles. The fraction of sp³-hybridized carbons (Fsp3) is 0.455. The Morgan fingerprint density at radius 1 is 1.23 bits per heavy atom. The highest BCUT2D eigenvalue weighted by Gasteiger charge is 2.24. The SMILES string of the molecule is CCN(CC)S(=O)(=O)c1ccc(F)c(C(=O)NCc2cccnc2OC2CCCC2)c1. The number of pyridine rings is 1. The maximum Gasteiger partial charge on any atom is 0.254 e. The van der Waals surface area contributed by atoms with Gasteiger partial charge in [-0.05, 0) is 49.9 Å². The maximum absolute atomic E-state index is 14.3. The van der Waals surface area contributed by atoms with Crippen molar-refractivity contribution in [2.45, 2.75) is 57.1 Å². The lowest BCUT2D eigenvalue weighted by Crippen LogP contribution is -2.31. The lowest BCUT2D eigenvalue weighted by Gasteiger charge is -2.19. The highest BCUT2D eigenvalue weighted by molar-refractivity contribution is 7.89. The molecule has 31 heavy (non-hydrogen) atoms. The summed E-state index contributed by atoms with van der Waals surface area (Å²) in [5.41, 5.74) is 0.352. The van der Waals surface area contributed by atoms with Gasteiger partial charge in [0, 0.05) is 31.4 Å². The molecule has 0 aliphatic heterocycles. The molecule has 3 rings (SSSR count). The zero-order valence-electron chi connectivity index (χ0n) is 17.8. The first-order chi connectivity index (χ1) is 14.9. The number of nitrogens with one attached hydrogen (secondary N) is 1. The molecular formula is C22H28FN3O4S. The van der Waals surface area contributed by atoms with E-state index in [4.69, 9.17) is 4.74 Å². The van der Waals surface area contributed by atoms with Gasteiger partial charge in [0.05, 0.1) is 10.5 Å². The molecule has 1 fully saturated rings. The average molecular weight is 450 g/mol. The van der Waals surface area contributed by atoms with Crippen molar-refractivity contribution in [3.63, 3.8) is 0 Å². The molecule has 1 saturated carbocycles. The van der Waals surface area contributed by atoms with Crippen LogP contribution >= 0.6 is 0 Å². The summed E-state index contributed by atoms with van der Waals surface area (Å²) in [5, 5.41) is 2.65. The van der Waals surface area contributed by atoms with E-state index in [1.54, 1.807) is 32.2 Å². The van der Waals surface area contributed by atoms with Crippen molar-refractivity contribution in [1.82, 2.24) is 14.6 Å². The predicted octanol–water partition coefficient (Wildman–Crippen LogP) is 3.50. The summed E-state index contributed by atoms with van der Waals surface area (Å²) in [7, 11) is -3.80. The van der Waals surface area contributed by atoms with Crippen molar-refractivity contribution < 1.29 is 22.3 Å². The van der Waals surface area contributed by atoms with Gasteiger partial charge >= 0.3 is 0 Å². The molecule has 0 atom stereocenters. The monoisotopic (exact) mass is 449 g/mol. The van der Waals surface area contributed by atoms with Crippen LogP contribution in [0.5, 0.6) is 5.88 Å². The van der Waals surface area contributed by atoms with Gasteiger partial charge in [-0.2, -0.15) is 4.31 Å². The van der Waals surface area contributed by atoms with E-state index < -0.39 is 21.7 Å². The van der Waals surface area contributed by atoms with Crippen LogP contribution in [0.15, 0.2) is 41.4 Å². The van der Waals surface area contributed by atoms with Crippen molar-refractivity contribution in [2.75, 3.05) is 13.1 Å². The fourth-order valence-corrected chi connectivity index (χ4v) is 5.14. The molecule has 0 bridgehead atoms. The number of halogens is 1. The molecule has 7 nitrogen and oxygen atoms in total. The summed E-state index contributed by atoms with van der Waals surface area (Å²) in [5.74, 6) is -1.04. The number of rotatable bonds is 9. The Morgan fingerprint density at radius 3 is 2.61 bits per heavy atom. The molecule has 1 aliphatic carbocycles. The summed E-state index contributed by atoms with van der Waals surface area (Å²) in [6.07, 6.45) is 5.92. The van der Waals surface area contributed by atoms with Crippen LogP contribution in [0.25, 0.3) is 0 Å². The van der Waals surface area contributed by atoms with Gasteiger partial charge in [0.15, 0.2) is 0 Å². The van der Waals surface area contributed by atoms with Crippen molar-refractivity contribution in [1.29, 1.82) is 0 Å². The van der Waals surface area contributed by atoms with Crippen LogP contribution in [0.4, 0.5) is 4.39 Å². The van der Waals surface area contributed by atoms with Crippen LogP contribution < -0.4 is 10.1 Å². The van der Waals surface area contributed by atoms with Crippen LogP contribution in [0, 0.1) is 5.82 Å². The quantitative estimate of drug-likeness (QED) is 0.633. The average Bonchev–Trinajstić information content (AvgIpc) is 3.27. The summed E-state index contributed by atoms with van der Waals surface area (Å²) >= 11 is 0. The minimum Gasteiger partial charge on any atom is -0.474 e. The maximum atomic E-state index is 14.3. The van der Waals surface area contributed by atoms with Gasteiger partial charge in [-0.1, -0.05) is 19.9 Å². The third kappa shape index (κ3) is 5.40. The molecule has 2 aromatic rings. The first-order valence-corrected chi connectivity index (χ1v) is 12.0. The zero-order chi connectivity index (χ0) is 22.4. The Balaban J connectivity index is 1.76. The number of carbonyl (C=O) groups is 1. The smallest absolute Gasteiger partial charge is 0.254 e. The van der Waals surface area contributed by atoms with E-state index in [0.717, 1.165) is 37.8 Å². The second-order valence-corrected chi connectivity index (χ2v) is 9.34. The summed E-state index contributed by atoms with van der Waals surface area (Å²) in [6.45, 7) is 4.08. The number of benzene rings is 1. The van der Waals surface area contributed by atoms with Crippen LogP contribution in [0.1, 0.15) is 55.5 Å². The molecule has 0 spiro atoms. The van der Waals surface area contributed by atoms with E-state index in [1.165, 1.54) is 10.4 Å². The Kier molecular flexibility index (Phi) is 7.61. The molecule has 9 heteroatoms. The van der Waals surface area contributed by atoms with Crippen molar-refractivity contribution >= 4 is 15.9 Å². The molecular weight excluding hydrogens is 421 g/mol. The largest absolute Gasteiger partial charge is 0.474 e. The van der Waals surface area contributed by atoms with Gasteiger partial charge in [-0.3, -0.25) is 4.79 Å². The third-order valence-electron chi connectivity index (χ3n) is 5.40. The van der Waals surface area contributed by atoms with Gasteiger partial charge < -0.3 is 10.1 Å². The van der Waals surface area contributed by atoms with Gasteiger partial charge in [-0.25, -0.2) is 17.8 Å². The topological polar surface area (TPSA) is 88.6 Å². The van der Waals surface area contributed by atoms with Crippen LogP contribution in [0.3, 0.4) is 0 Å². The third-order valence-corrected chi connectivity index (χ3v) is 7.44. The highest BCUT2D eigenvalue weighted by atomic mass is 32.2. The van der Waals surface area contributed by atoms with Crippen molar-refractivity contribution in [2.24, 2.45) is 0 Å². The van der Waals surface area contributed by atoms with Gasteiger partial charge in [0.1, 0.15) is 11.9 Å². The Bertz CT molecular complexity index is 1020. The molecule has 1 aromatic carbocycles. The molecule has 1 aromatic heterocycles. The Hall–Kier alpha value is -2.52. The number of hydrogen-bond acceptors (Lipinski definition) is 5. The van der Waals surface area contributed by atoms with E-state index in [-0.39, 0.29) is 36.2 Å². The predicted molar refractivity (Wildman–Crippen MR) is 115 cm³/mol. The number of ether oxygens (including phenoxy) is 1. The summed E-state index contributed by atoms with van der Waals surface area (Å²) in [6, 6.07) is 6.78. The summed E-state index contributed by atoms with van der Waals surface area (Å²) < 4.78 is 47.0. The van der Waals surface area contributed by atoms with Crippen LogP contribution in [0.2, 0.25) is 0 Å². The van der Waals surface area contributed by atoms with Gasteiger partial charge in [-0.15, -0.1) is 0 Å². The normalized spacial score (nSPS) is 14.7. The minimum atomic E-state index is -3.80. The van der Waals surface area contributed by atoms with Crippen molar-refractivity contribution in [3.8, 4) is 5.88 Å². The standard InChI is InChI=1S/C22H28FN3O4S/c1-3-26(4-2)31(28,29)18-11-12-20(23)19(14-18)21(27)25-15-16-8-7-13-24-22(16)30-17-9-5-6-10-17/h7-8,11-14,17H,3-6,9-10,15H2,1-2H3,(H,25,27). The fourth-order valence-electron chi connectivity index (χ4n) is 3.65. The lowest BCUT2D eigenvalue weighted by molar-refractivity contribution is 0.0946. The highest BCUT2D eigenvalue weighted by Crippen LogP contribution is 2.25. The van der Waals surface area contributed by atoms with Crippen LogP contribution in [-0.2, 0) is 16.6 Å². The molecule has 1 amide bonds. The number of aromatic nitrogens is 1. The van der Waals surface area contributed by atoms with Gasteiger partial charge in [0.2, 0.25) is 15.9 Å². The lowest BCUT2D eigenvalue weighted by atomic mass is 10.2. The minimum absolute atomic E-state index is 0.0845. The zero-order valence-corrected chi connectivity index (χ0v) is 18.6. The second-order valence-electron chi connectivity index (χ2n) is 7.41.